The van der Waals surface area contributed by atoms with Gasteiger partial charge in [0.25, 0.3) is 0 Å². The standard InChI is InChI=1S/C15H21ClN2OS/c1-10(7-8-20-4)18-14-6-5-12(19-3)9-13(14)17-15(18)11(2)16/h5-6,9-11H,7-8H2,1-4H3. The summed E-state index contributed by atoms with van der Waals surface area (Å²) in [6.07, 6.45) is 3.24. The minimum Gasteiger partial charge on any atom is -0.497 e. The molecule has 2 unspecified atom stereocenters. The van der Waals surface area contributed by atoms with E-state index in [0.29, 0.717) is 6.04 Å². The summed E-state index contributed by atoms with van der Waals surface area (Å²) in [5.41, 5.74) is 2.07. The van der Waals surface area contributed by atoms with Crippen LogP contribution in [0.3, 0.4) is 0 Å². The van der Waals surface area contributed by atoms with Gasteiger partial charge in [-0.25, -0.2) is 4.98 Å². The summed E-state index contributed by atoms with van der Waals surface area (Å²) in [6.45, 7) is 4.20. The lowest BCUT2D eigenvalue weighted by atomic mass is 10.2. The number of ether oxygens (including phenoxy) is 1. The fraction of sp³-hybridized carbons (Fsp3) is 0.533. The van der Waals surface area contributed by atoms with Crippen LogP contribution in [0.2, 0.25) is 0 Å². The zero-order valence-corrected chi connectivity index (χ0v) is 14.0. The molecule has 1 aromatic carbocycles. The molecule has 0 fully saturated rings. The van der Waals surface area contributed by atoms with Gasteiger partial charge in [-0.15, -0.1) is 11.6 Å². The van der Waals surface area contributed by atoms with Crippen LogP contribution in [0.15, 0.2) is 18.2 Å². The van der Waals surface area contributed by atoms with Crippen molar-refractivity contribution in [3.05, 3.63) is 24.0 Å². The third kappa shape index (κ3) is 3.07. The van der Waals surface area contributed by atoms with Crippen molar-refractivity contribution in [1.29, 1.82) is 0 Å². The first-order valence-corrected chi connectivity index (χ1v) is 8.60. The van der Waals surface area contributed by atoms with Gasteiger partial charge in [-0.3, -0.25) is 0 Å². The number of methoxy groups -OCH3 is 1. The highest BCUT2D eigenvalue weighted by atomic mass is 35.5. The Hall–Kier alpha value is -0.870. The first-order chi connectivity index (χ1) is 9.58. The van der Waals surface area contributed by atoms with Gasteiger partial charge in [-0.1, -0.05) is 0 Å². The second kappa shape index (κ2) is 6.72. The second-order valence-corrected chi connectivity index (χ2v) is 6.58. The molecule has 0 amide bonds. The SMILES string of the molecule is COc1ccc2c(c1)nc(C(C)Cl)n2C(C)CCSC. The van der Waals surface area contributed by atoms with Crippen LogP contribution in [0.5, 0.6) is 5.75 Å². The smallest absolute Gasteiger partial charge is 0.127 e. The first-order valence-electron chi connectivity index (χ1n) is 6.77. The molecule has 0 saturated heterocycles. The molecule has 0 saturated carbocycles. The number of nitrogens with zero attached hydrogens (tertiary/aromatic N) is 2. The molecule has 5 heteroatoms. The van der Waals surface area contributed by atoms with Crippen LogP contribution in [0.4, 0.5) is 0 Å². The van der Waals surface area contributed by atoms with Gasteiger partial charge in [0.15, 0.2) is 0 Å². The fourth-order valence-corrected chi connectivity index (χ4v) is 3.12. The van der Waals surface area contributed by atoms with Gasteiger partial charge in [0.2, 0.25) is 0 Å². The molecule has 0 bridgehead atoms. The van der Waals surface area contributed by atoms with Crippen LogP contribution in [0, 0.1) is 0 Å². The van der Waals surface area contributed by atoms with Crippen LogP contribution in [-0.4, -0.2) is 28.7 Å². The van der Waals surface area contributed by atoms with Crippen molar-refractivity contribution in [3.63, 3.8) is 0 Å². The lowest BCUT2D eigenvalue weighted by molar-refractivity contribution is 0.415. The number of aromatic nitrogens is 2. The summed E-state index contributed by atoms with van der Waals surface area (Å²) in [5, 5.41) is -0.106. The number of hydrogen-bond acceptors (Lipinski definition) is 3. The predicted octanol–water partition coefficient (Wildman–Crippen LogP) is 4.66. The number of benzene rings is 1. The zero-order valence-electron chi connectivity index (χ0n) is 12.4. The Balaban J connectivity index is 2.51. The molecule has 0 aliphatic rings. The monoisotopic (exact) mass is 312 g/mol. The molecular formula is C15H21ClN2OS. The lowest BCUT2D eigenvalue weighted by Crippen LogP contribution is -2.10. The van der Waals surface area contributed by atoms with Gasteiger partial charge in [-0.2, -0.15) is 11.8 Å². The molecular weight excluding hydrogens is 292 g/mol. The molecule has 3 nitrogen and oxygen atoms in total. The third-order valence-electron chi connectivity index (χ3n) is 3.46. The number of rotatable bonds is 6. The van der Waals surface area contributed by atoms with Crippen molar-refractivity contribution >= 4 is 34.4 Å². The molecule has 1 aromatic heterocycles. The summed E-state index contributed by atoms with van der Waals surface area (Å²) < 4.78 is 7.54. The average Bonchev–Trinajstić information content (AvgIpc) is 2.83. The minimum absolute atomic E-state index is 0.106. The van der Waals surface area contributed by atoms with E-state index in [1.54, 1.807) is 7.11 Å². The molecule has 0 N–H and O–H groups in total. The van der Waals surface area contributed by atoms with E-state index >= 15 is 0 Å². The van der Waals surface area contributed by atoms with Crippen molar-refractivity contribution in [2.24, 2.45) is 0 Å². The van der Waals surface area contributed by atoms with Crippen molar-refractivity contribution in [2.45, 2.75) is 31.7 Å². The fourth-order valence-electron chi connectivity index (χ4n) is 2.39. The minimum atomic E-state index is -0.106. The maximum atomic E-state index is 6.31. The average molecular weight is 313 g/mol. The van der Waals surface area contributed by atoms with E-state index in [1.807, 2.05) is 30.8 Å². The summed E-state index contributed by atoms with van der Waals surface area (Å²) in [4.78, 5) is 4.69. The molecule has 110 valence electrons. The van der Waals surface area contributed by atoms with E-state index in [2.05, 4.69) is 23.8 Å². The van der Waals surface area contributed by atoms with Gasteiger partial charge < -0.3 is 9.30 Å². The van der Waals surface area contributed by atoms with E-state index in [0.717, 1.165) is 34.8 Å². The van der Waals surface area contributed by atoms with E-state index in [9.17, 15) is 0 Å². The van der Waals surface area contributed by atoms with Crippen molar-refractivity contribution in [2.75, 3.05) is 19.1 Å². The Morgan fingerprint density at radius 2 is 2.15 bits per heavy atom. The lowest BCUT2D eigenvalue weighted by Gasteiger charge is -2.18. The van der Waals surface area contributed by atoms with Crippen LogP contribution in [-0.2, 0) is 0 Å². The van der Waals surface area contributed by atoms with Gasteiger partial charge in [0, 0.05) is 12.1 Å². The molecule has 0 spiro atoms. The number of imidazole rings is 1. The number of alkyl halides is 1. The maximum Gasteiger partial charge on any atom is 0.127 e. The molecule has 0 aliphatic heterocycles. The Kier molecular flexibility index (Phi) is 5.22. The summed E-state index contributed by atoms with van der Waals surface area (Å²) in [7, 11) is 1.67. The Morgan fingerprint density at radius 3 is 2.75 bits per heavy atom. The van der Waals surface area contributed by atoms with Crippen molar-refractivity contribution in [3.8, 4) is 5.75 Å². The quantitative estimate of drug-likeness (QED) is 0.726. The summed E-state index contributed by atoms with van der Waals surface area (Å²) in [6, 6.07) is 6.40. The van der Waals surface area contributed by atoms with Gasteiger partial charge >= 0.3 is 0 Å². The predicted molar refractivity (Wildman–Crippen MR) is 88.3 cm³/mol. The molecule has 1 heterocycles. The molecule has 2 atom stereocenters. The van der Waals surface area contributed by atoms with E-state index in [1.165, 1.54) is 0 Å². The Bertz CT molecular complexity index is 583. The van der Waals surface area contributed by atoms with Crippen LogP contribution in [0.1, 0.15) is 37.5 Å². The highest BCUT2D eigenvalue weighted by Gasteiger charge is 2.19. The number of hydrogen-bond donors (Lipinski definition) is 0. The normalized spacial score (nSPS) is 14.4. The van der Waals surface area contributed by atoms with Crippen LogP contribution in [0.25, 0.3) is 11.0 Å². The maximum absolute atomic E-state index is 6.31. The van der Waals surface area contributed by atoms with Gasteiger partial charge in [0.1, 0.15) is 11.6 Å². The summed E-state index contributed by atoms with van der Waals surface area (Å²) in [5.74, 6) is 2.89. The Morgan fingerprint density at radius 1 is 1.40 bits per heavy atom. The highest BCUT2D eigenvalue weighted by Crippen LogP contribution is 2.31. The molecule has 2 rings (SSSR count). The molecule has 20 heavy (non-hydrogen) atoms. The van der Waals surface area contributed by atoms with Crippen molar-refractivity contribution in [1.82, 2.24) is 9.55 Å². The largest absolute Gasteiger partial charge is 0.497 e. The highest BCUT2D eigenvalue weighted by molar-refractivity contribution is 7.98. The second-order valence-electron chi connectivity index (χ2n) is 4.94. The van der Waals surface area contributed by atoms with Crippen LogP contribution >= 0.6 is 23.4 Å². The van der Waals surface area contributed by atoms with E-state index in [-0.39, 0.29) is 5.38 Å². The number of thioether (sulfide) groups is 1. The van der Waals surface area contributed by atoms with Gasteiger partial charge in [0.05, 0.1) is 23.5 Å². The van der Waals surface area contributed by atoms with E-state index < -0.39 is 0 Å². The Labute approximate surface area is 129 Å². The van der Waals surface area contributed by atoms with Crippen LogP contribution < -0.4 is 4.74 Å². The first kappa shape index (κ1) is 15.5. The van der Waals surface area contributed by atoms with Crippen molar-refractivity contribution < 1.29 is 4.74 Å². The summed E-state index contributed by atoms with van der Waals surface area (Å²) >= 11 is 8.18. The molecule has 2 aromatic rings. The van der Waals surface area contributed by atoms with Gasteiger partial charge in [-0.05, 0) is 44.4 Å². The number of fused-ring (bicyclic) bond motifs is 1. The van der Waals surface area contributed by atoms with E-state index in [4.69, 9.17) is 21.3 Å². The zero-order chi connectivity index (χ0) is 14.7. The molecule has 0 radical (unpaired) electrons. The third-order valence-corrected chi connectivity index (χ3v) is 4.30. The number of halogens is 1. The molecule has 0 aliphatic carbocycles. The topological polar surface area (TPSA) is 27.1 Å².